The number of β-amino-alcohol motifs (C(OH)–C–C–N with tert-alkyl or cyclic N) is 1. The van der Waals surface area contributed by atoms with Gasteiger partial charge in [-0.05, 0) is 68.9 Å². The number of amides is 1. The minimum atomic E-state index is -1.28. The first kappa shape index (κ1) is 25.5. The maximum atomic E-state index is 14.7. The van der Waals surface area contributed by atoms with Gasteiger partial charge in [0.1, 0.15) is 11.4 Å². The number of carbonyl (C=O) groups is 1. The van der Waals surface area contributed by atoms with Crippen LogP contribution in [0.1, 0.15) is 55.5 Å². The lowest BCUT2D eigenvalue weighted by atomic mass is 9.84. The molecule has 2 aliphatic rings. The second kappa shape index (κ2) is 10.2. The van der Waals surface area contributed by atoms with Gasteiger partial charge >= 0.3 is 0 Å². The molecular weight excluding hydrogens is 459 g/mol. The van der Waals surface area contributed by atoms with Gasteiger partial charge in [0.2, 0.25) is 0 Å². The molecule has 1 unspecified atom stereocenters. The normalized spacial score (nSPS) is 22.4. The van der Waals surface area contributed by atoms with Crippen molar-refractivity contribution >= 4 is 17.3 Å². The van der Waals surface area contributed by atoms with Crippen LogP contribution in [-0.4, -0.2) is 57.9 Å². The first-order valence-corrected chi connectivity index (χ1v) is 12.1. The summed E-state index contributed by atoms with van der Waals surface area (Å²) >= 11 is 0. The summed E-state index contributed by atoms with van der Waals surface area (Å²) in [6.45, 7) is 3.76. The summed E-state index contributed by atoms with van der Waals surface area (Å²) in [5, 5.41) is 26.6. The largest absolute Gasteiger partial charge is 0.393 e. The first-order valence-electron chi connectivity index (χ1n) is 12.1. The monoisotopic (exact) mass is 491 g/mol. The van der Waals surface area contributed by atoms with Crippen molar-refractivity contribution in [3.05, 3.63) is 58.9 Å². The number of aliphatic hydroxyl groups excluding tert-OH is 1. The van der Waals surface area contributed by atoms with Crippen LogP contribution in [0.15, 0.2) is 30.3 Å². The minimum absolute atomic E-state index is 0.0212. The summed E-state index contributed by atoms with van der Waals surface area (Å²) in [6.07, 6.45) is 3.37. The molecule has 4 rings (SSSR count). The second-order valence-corrected chi connectivity index (χ2v) is 9.74. The SMILES string of the molecule is CCc1ccc(Nc2c(C(=O)N3CC(O)(C(C)NC4CCC(O)CC4)C3)ccc(F)c2F)c(F)c1. The predicted octanol–water partition coefficient (Wildman–Crippen LogP) is 3.88. The van der Waals surface area contributed by atoms with Gasteiger partial charge in [-0.3, -0.25) is 4.79 Å². The molecule has 1 amide bonds. The van der Waals surface area contributed by atoms with E-state index >= 15 is 0 Å². The van der Waals surface area contributed by atoms with Gasteiger partial charge < -0.3 is 25.7 Å². The molecule has 1 saturated carbocycles. The zero-order chi connectivity index (χ0) is 25.3. The summed E-state index contributed by atoms with van der Waals surface area (Å²) in [6, 6.07) is 6.29. The molecule has 1 heterocycles. The molecule has 190 valence electrons. The molecule has 2 fully saturated rings. The van der Waals surface area contributed by atoms with E-state index in [1.807, 2.05) is 13.8 Å². The summed E-state index contributed by atoms with van der Waals surface area (Å²) in [5.74, 6) is -3.67. The van der Waals surface area contributed by atoms with Crippen LogP contribution in [0.4, 0.5) is 24.5 Å². The smallest absolute Gasteiger partial charge is 0.256 e. The molecule has 1 saturated heterocycles. The van der Waals surface area contributed by atoms with E-state index in [0.29, 0.717) is 19.3 Å². The molecule has 2 aromatic rings. The van der Waals surface area contributed by atoms with Crippen molar-refractivity contribution in [2.24, 2.45) is 0 Å². The Morgan fingerprint density at radius 3 is 2.43 bits per heavy atom. The van der Waals surface area contributed by atoms with Crippen LogP contribution in [0, 0.1) is 17.5 Å². The number of hydrogen-bond acceptors (Lipinski definition) is 5. The van der Waals surface area contributed by atoms with Crippen LogP contribution in [0.2, 0.25) is 0 Å². The highest BCUT2D eigenvalue weighted by Gasteiger charge is 2.48. The highest BCUT2D eigenvalue weighted by Crippen LogP contribution is 2.33. The fraction of sp³-hybridized carbons (Fsp3) is 0.500. The number of carbonyl (C=O) groups excluding carboxylic acids is 1. The number of rotatable bonds is 7. The quantitative estimate of drug-likeness (QED) is 0.473. The Morgan fingerprint density at radius 2 is 1.80 bits per heavy atom. The number of aliphatic hydroxyl groups is 2. The molecule has 0 aromatic heterocycles. The number of hydrogen-bond donors (Lipinski definition) is 4. The van der Waals surface area contributed by atoms with Crippen molar-refractivity contribution in [3.8, 4) is 0 Å². The van der Waals surface area contributed by atoms with Crippen molar-refractivity contribution in [2.75, 3.05) is 18.4 Å². The van der Waals surface area contributed by atoms with Gasteiger partial charge in [0, 0.05) is 12.1 Å². The number of halogens is 3. The van der Waals surface area contributed by atoms with Crippen LogP contribution in [-0.2, 0) is 6.42 Å². The maximum Gasteiger partial charge on any atom is 0.256 e. The van der Waals surface area contributed by atoms with Crippen LogP contribution in [0.25, 0.3) is 0 Å². The Kier molecular flexibility index (Phi) is 7.40. The molecule has 9 heteroatoms. The summed E-state index contributed by atoms with van der Waals surface area (Å²) in [5.41, 5.74) is -1.08. The fourth-order valence-electron chi connectivity index (χ4n) is 4.82. The van der Waals surface area contributed by atoms with Crippen molar-refractivity contribution in [2.45, 2.75) is 69.7 Å². The third-order valence-corrected chi connectivity index (χ3v) is 7.23. The van der Waals surface area contributed by atoms with Crippen molar-refractivity contribution in [1.29, 1.82) is 0 Å². The van der Waals surface area contributed by atoms with E-state index < -0.39 is 34.6 Å². The Morgan fingerprint density at radius 1 is 1.11 bits per heavy atom. The Bertz CT molecular complexity index is 1080. The lowest BCUT2D eigenvalue weighted by Crippen LogP contribution is -2.71. The topological polar surface area (TPSA) is 84.8 Å². The standard InChI is InChI=1S/C26H32F3N3O3/c1-3-16-4-11-22(21(28)12-16)31-24-19(9-10-20(27)23(24)29)25(34)32-13-26(35,14-32)15(2)30-17-5-7-18(33)8-6-17/h4,9-12,15,17-18,30-31,33,35H,3,5-8,13-14H2,1-2H3. The van der Waals surface area contributed by atoms with Crippen LogP contribution in [0.3, 0.4) is 0 Å². The molecule has 6 nitrogen and oxygen atoms in total. The molecule has 0 radical (unpaired) electrons. The molecular formula is C26H32F3N3O3. The van der Waals surface area contributed by atoms with Gasteiger partial charge in [0.05, 0.1) is 36.1 Å². The number of nitrogens with one attached hydrogen (secondary N) is 2. The van der Waals surface area contributed by atoms with Gasteiger partial charge in [0.15, 0.2) is 11.6 Å². The predicted molar refractivity (Wildman–Crippen MR) is 127 cm³/mol. The summed E-state index contributed by atoms with van der Waals surface area (Å²) in [7, 11) is 0. The maximum absolute atomic E-state index is 14.7. The lowest BCUT2D eigenvalue weighted by molar-refractivity contribution is -0.103. The molecule has 1 atom stereocenters. The first-order chi connectivity index (χ1) is 16.6. The highest BCUT2D eigenvalue weighted by molar-refractivity contribution is 6.01. The molecule has 2 aromatic carbocycles. The van der Waals surface area contributed by atoms with Gasteiger partial charge in [-0.1, -0.05) is 13.0 Å². The van der Waals surface area contributed by atoms with E-state index in [9.17, 15) is 28.2 Å². The van der Waals surface area contributed by atoms with Crippen molar-refractivity contribution in [1.82, 2.24) is 10.2 Å². The fourth-order valence-corrected chi connectivity index (χ4v) is 4.82. The van der Waals surface area contributed by atoms with Gasteiger partial charge in [-0.25, -0.2) is 13.2 Å². The summed E-state index contributed by atoms with van der Waals surface area (Å²) in [4.78, 5) is 14.5. The zero-order valence-electron chi connectivity index (χ0n) is 20.0. The summed E-state index contributed by atoms with van der Waals surface area (Å²) < 4.78 is 43.3. The Labute approximate surface area is 203 Å². The molecule has 1 aliphatic carbocycles. The Balaban J connectivity index is 1.47. The number of likely N-dealkylation sites (tertiary alicyclic amines) is 1. The van der Waals surface area contributed by atoms with Gasteiger partial charge in [-0.2, -0.15) is 0 Å². The average molecular weight is 492 g/mol. The minimum Gasteiger partial charge on any atom is -0.393 e. The zero-order valence-corrected chi connectivity index (χ0v) is 20.0. The number of aryl methyl sites for hydroxylation is 1. The van der Waals surface area contributed by atoms with Gasteiger partial charge in [0.25, 0.3) is 5.91 Å². The third kappa shape index (κ3) is 5.32. The number of benzene rings is 2. The Hall–Kier alpha value is -2.62. The van der Waals surface area contributed by atoms with Crippen LogP contribution < -0.4 is 10.6 Å². The number of anilines is 2. The lowest BCUT2D eigenvalue weighted by Gasteiger charge is -2.50. The molecule has 0 bridgehead atoms. The van der Waals surface area contributed by atoms with Crippen molar-refractivity contribution in [3.63, 3.8) is 0 Å². The van der Waals surface area contributed by atoms with E-state index in [4.69, 9.17) is 0 Å². The molecule has 4 N–H and O–H groups in total. The number of nitrogens with zero attached hydrogens (tertiary/aromatic N) is 1. The van der Waals surface area contributed by atoms with Gasteiger partial charge in [-0.15, -0.1) is 0 Å². The molecule has 35 heavy (non-hydrogen) atoms. The third-order valence-electron chi connectivity index (χ3n) is 7.23. The van der Waals surface area contributed by atoms with E-state index in [1.165, 1.54) is 17.0 Å². The molecule has 0 spiro atoms. The van der Waals surface area contributed by atoms with Crippen LogP contribution in [0.5, 0.6) is 0 Å². The van der Waals surface area contributed by atoms with E-state index in [2.05, 4.69) is 10.6 Å². The van der Waals surface area contributed by atoms with Crippen molar-refractivity contribution < 1.29 is 28.2 Å². The second-order valence-electron chi connectivity index (χ2n) is 9.74. The van der Waals surface area contributed by atoms with E-state index in [1.54, 1.807) is 6.07 Å². The van der Waals surface area contributed by atoms with E-state index in [0.717, 1.165) is 30.5 Å². The highest BCUT2D eigenvalue weighted by atomic mass is 19.2. The molecule has 1 aliphatic heterocycles. The average Bonchev–Trinajstić information content (AvgIpc) is 2.82. The van der Waals surface area contributed by atoms with E-state index in [-0.39, 0.29) is 42.5 Å². The van der Waals surface area contributed by atoms with Crippen LogP contribution >= 0.6 is 0 Å².